The van der Waals surface area contributed by atoms with Gasteiger partial charge in [0.25, 0.3) is 0 Å². The van der Waals surface area contributed by atoms with Crippen molar-refractivity contribution in [2.24, 2.45) is 11.7 Å². The predicted octanol–water partition coefficient (Wildman–Crippen LogP) is 1.13. The van der Waals surface area contributed by atoms with Gasteiger partial charge in [0.15, 0.2) is 0 Å². The molecule has 5 heteroatoms. The van der Waals surface area contributed by atoms with Crippen LogP contribution in [-0.4, -0.2) is 49.2 Å². The molecule has 1 saturated heterocycles. The van der Waals surface area contributed by atoms with Gasteiger partial charge in [0.1, 0.15) is 0 Å². The van der Waals surface area contributed by atoms with E-state index in [1.807, 2.05) is 6.07 Å². The number of benzene rings is 1. The SMILES string of the molecule is NCC(NC(=O)CC1CN(Cc2ccccc2)CCO1)C1CC1. The lowest BCUT2D eigenvalue weighted by Crippen LogP contribution is -2.47. The molecular formula is C18H27N3O2. The molecule has 0 bridgehead atoms. The summed E-state index contributed by atoms with van der Waals surface area (Å²) in [5.74, 6) is 0.657. The average molecular weight is 317 g/mol. The van der Waals surface area contributed by atoms with Crippen LogP contribution >= 0.6 is 0 Å². The minimum atomic E-state index is -0.0231. The maximum Gasteiger partial charge on any atom is 0.222 e. The Morgan fingerprint density at radius 3 is 2.83 bits per heavy atom. The fourth-order valence-corrected chi connectivity index (χ4v) is 3.23. The maximum atomic E-state index is 12.2. The highest BCUT2D eigenvalue weighted by molar-refractivity contribution is 5.76. The van der Waals surface area contributed by atoms with Crippen molar-refractivity contribution in [2.45, 2.75) is 38.0 Å². The van der Waals surface area contributed by atoms with E-state index in [2.05, 4.69) is 34.5 Å². The largest absolute Gasteiger partial charge is 0.375 e. The first-order valence-corrected chi connectivity index (χ1v) is 8.62. The molecular weight excluding hydrogens is 290 g/mol. The van der Waals surface area contributed by atoms with E-state index in [0.717, 1.165) is 19.6 Å². The van der Waals surface area contributed by atoms with Crippen LogP contribution < -0.4 is 11.1 Å². The lowest BCUT2D eigenvalue weighted by Gasteiger charge is -2.33. The van der Waals surface area contributed by atoms with Crippen LogP contribution in [0.4, 0.5) is 0 Å². The monoisotopic (exact) mass is 317 g/mol. The van der Waals surface area contributed by atoms with E-state index in [0.29, 0.717) is 25.5 Å². The summed E-state index contributed by atoms with van der Waals surface area (Å²) in [7, 11) is 0. The smallest absolute Gasteiger partial charge is 0.222 e. The normalized spacial score (nSPS) is 23.4. The number of amides is 1. The molecule has 1 aromatic rings. The van der Waals surface area contributed by atoms with E-state index in [4.69, 9.17) is 10.5 Å². The molecule has 1 amide bonds. The molecule has 1 aliphatic heterocycles. The molecule has 1 saturated carbocycles. The van der Waals surface area contributed by atoms with E-state index in [-0.39, 0.29) is 18.1 Å². The Morgan fingerprint density at radius 1 is 1.35 bits per heavy atom. The number of nitrogens with two attached hydrogens (primary N) is 1. The van der Waals surface area contributed by atoms with Crippen LogP contribution in [0.15, 0.2) is 30.3 Å². The lowest BCUT2D eigenvalue weighted by molar-refractivity contribution is -0.127. The molecule has 2 unspecified atom stereocenters. The third-order valence-corrected chi connectivity index (χ3v) is 4.68. The van der Waals surface area contributed by atoms with E-state index >= 15 is 0 Å². The second-order valence-corrected chi connectivity index (χ2v) is 6.66. The lowest BCUT2D eigenvalue weighted by atomic mass is 10.1. The molecule has 3 rings (SSSR count). The Bertz CT molecular complexity index is 504. The summed E-state index contributed by atoms with van der Waals surface area (Å²) >= 11 is 0. The third kappa shape index (κ3) is 5.03. The number of ether oxygens (including phenoxy) is 1. The number of rotatable bonds is 7. The van der Waals surface area contributed by atoms with Gasteiger partial charge in [-0.05, 0) is 24.3 Å². The molecule has 2 atom stereocenters. The summed E-state index contributed by atoms with van der Waals surface area (Å²) < 4.78 is 5.77. The number of nitrogens with one attached hydrogen (secondary N) is 1. The molecule has 1 aromatic carbocycles. The number of hydrogen-bond acceptors (Lipinski definition) is 4. The van der Waals surface area contributed by atoms with Crippen molar-refractivity contribution in [1.82, 2.24) is 10.2 Å². The van der Waals surface area contributed by atoms with E-state index < -0.39 is 0 Å². The van der Waals surface area contributed by atoms with E-state index in [1.165, 1.54) is 18.4 Å². The molecule has 0 radical (unpaired) electrons. The summed E-state index contributed by atoms with van der Waals surface area (Å²) in [5, 5.41) is 3.08. The highest BCUT2D eigenvalue weighted by atomic mass is 16.5. The minimum Gasteiger partial charge on any atom is -0.375 e. The zero-order chi connectivity index (χ0) is 16.1. The Balaban J connectivity index is 1.45. The van der Waals surface area contributed by atoms with Gasteiger partial charge in [-0.1, -0.05) is 30.3 Å². The Morgan fingerprint density at radius 2 is 2.13 bits per heavy atom. The fraction of sp³-hybridized carbons (Fsp3) is 0.611. The average Bonchev–Trinajstić information content (AvgIpc) is 3.39. The topological polar surface area (TPSA) is 67.6 Å². The molecule has 0 spiro atoms. The van der Waals surface area contributed by atoms with Gasteiger partial charge < -0.3 is 15.8 Å². The van der Waals surface area contributed by atoms with Gasteiger partial charge in [0.2, 0.25) is 5.91 Å². The van der Waals surface area contributed by atoms with Gasteiger partial charge >= 0.3 is 0 Å². The van der Waals surface area contributed by atoms with Gasteiger partial charge in [-0.25, -0.2) is 0 Å². The van der Waals surface area contributed by atoms with Crippen LogP contribution in [0.2, 0.25) is 0 Å². The molecule has 2 fully saturated rings. The molecule has 23 heavy (non-hydrogen) atoms. The van der Waals surface area contributed by atoms with Crippen molar-refractivity contribution in [3.05, 3.63) is 35.9 Å². The van der Waals surface area contributed by atoms with Crippen LogP contribution in [-0.2, 0) is 16.1 Å². The first kappa shape index (κ1) is 16.4. The second kappa shape index (κ2) is 7.90. The molecule has 5 nitrogen and oxygen atoms in total. The van der Waals surface area contributed by atoms with Gasteiger partial charge in [0, 0.05) is 32.2 Å². The number of carbonyl (C=O) groups is 1. The molecule has 2 aliphatic rings. The summed E-state index contributed by atoms with van der Waals surface area (Å²) in [6.45, 7) is 3.85. The third-order valence-electron chi connectivity index (χ3n) is 4.68. The first-order valence-electron chi connectivity index (χ1n) is 8.62. The zero-order valence-corrected chi connectivity index (χ0v) is 13.6. The van der Waals surface area contributed by atoms with Gasteiger partial charge in [-0.15, -0.1) is 0 Å². The quantitative estimate of drug-likeness (QED) is 0.791. The van der Waals surface area contributed by atoms with Gasteiger partial charge in [-0.3, -0.25) is 9.69 Å². The van der Waals surface area contributed by atoms with Crippen molar-refractivity contribution in [1.29, 1.82) is 0 Å². The van der Waals surface area contributed by atoms with Crippen LogP contribution in [0, 0.1) is 5.92 Å². The van der Waals surface area contributed by atoms with Crippen molar-refractivity contribution in [3.8, 4) is 0 Å². The van der Waals surface area contributed by atoms with E-state index in [1.54, 1.807) is 0 Å². The van der Waals surface area contributed by atoms with Gasteiger partial charge in [0.05, 0.1) is 19.1 Å². The van der Waals surface area contributed by atoms with Crippen molar-refractivity contribution in [2.75, 3.05) is 26.2 Å². The zero-order valence-electron chi connectivity index (χ0n) is 13.6. The van der Waals surface area contributed by atoms with Crippen molar-refractivity contribution in [3.63, 3.8) is 0 Å². The minimum absolute atomic E-state index is 0.0231. The fourth-order valence-electron chi connectivity index (χ4n) is 3.23. The Kier molecular flexibility index (Phi) is 5.65. The van der Waals surface area contributed by atoms with Crippen molar-refractivity contribution >= 4 is 5.91 Å². The molecule has 3 N–H and O–H groups in total. The summed E-state index contributed by atoms with van der Waals surface area (Å²) in [6.07, 6.45) is 2.78. The van der Waals surface area contributed by atoms with E-state index in [9.17, 15) is 4.79 Å². The Hall–Kier alpha value is -1.43. The number of morpholine rings is 1. The molecule has 1 aliphatic carbocycles. The first-order chi connectivity index (χ1) is 11.2. The molecule has 0 aromatic heterocycles. The van der Waals surface area contributed by atoms with Crippen LogP contribution in [0.3, 0.4) is 0 Å². The second-order valence-electron chi connectivity index (χ2n) is 6.66. The number of hydrogen-bond donors (Lipinski definition) is 2. The highest BCUT2D eigenvalue weighted by Crippen LogP contribution is 2.32. The Labute approximate surface area is 138 Å². The van der Waals surface area contributed by atoms with Crippen molar-refractivity contribution < 1.29 is 9.53 Å². The number of carbonyl (C=O) groups excluding carboxylic acids is 1. The standard InChI is InChI=1S/C18H27N3O2/c19-11-17(15-6-7-15)20-18(22)10-16-13-21(8-9-23-16)12-14-4-2-1-3-5-14/h1-5,15-17H,6-13,19H2,(H,20,22). The van der Waals surface area contributed by atoms with Crippen LogP contribution in [0.25, 0.3) is 0 Å². The summed E-state index contributed by atoms with van der Waals surface area (Å²) in [5.41, 5.74) is 7.05. The number of nitrogens with zero attached hydrogens (tertiary/aromatic N) is 1. The summed E-state index contributed by atoms with van der Waals surface area (Å²) in [4.78, 5) is 14.6. The predicted molar refractivity (Wildman–Crippen MR) is 89.8 cm³/mol. The summed E-state index contributed by atoms with van der Waals surface area (Å²) in [6, 6.07) is 10.6. The highest BCUT2D eigenvalue weighted by Gasteiger charge is 2.32. The molecule has 1 heterocycles. The van der Waals surface area contributed by atoms with Crippen LogP contribution in [0.5, 0.6) is 0 Å². The van der Waals surface area contributed by atoms with Crippen LogP contribution in [0.1, 0.15) is 24.8 Å². The van der Waals surface area contributed by atoms with Gasteiger partial charge in [-0.2, -0.15) is 0 Å². The molecule has 126 valence electrons. The maximum absolute atomic E-state index is 12.2.